The van der Waals surface area contributed by atoms with Gasteiger partial charge in [0.2, 0.25) is 0 Å². The number of aliphatic carboxylic acids is 10. The van der Waals surface area contributed by atoms with Crippen LogP contribution in [0.25, 0.3) is 0 Å². The number of nitrogens with two attached hydrogens (primary N) is 5. The Kier molecular flexibility index (Phi) is 35.1. The van der Waals surface area contributed by atoms with Crippen molar-refractivity contribution in [3.8, 4) is 0 Å². The molecule has 0 saturated carbocycles. The predicted octanol–water partition coefficient (Wildman–Crippen LogP) is -12.3. The molecule has 0 rings (SSSR count). The molecule has 0 bridgehead atoms. The summed E-state index contributed by atoms with van der Waals surface area (Å²) in [6.07, 6.45) is -2.97. The molecule has 0 saturated heterocycles. The zero-order valence-corrected chi connectivity index (χ0v) is 24.5. The second-order valence-electron chi connectivity index (χ2n) is 7.62. The van der Waals surface area contributed by atoms with E-state index in [0.29, 0.717) is 0 Å². The van der Waals surface area contributed by atoms with Crippen LogP contribution in [0.3, 0.4) is 0 Å². The number of hydrogen-bond acceptors (Lipinski definition) is 20. The van der Waals surface area contributed by atoms with Crippen LogP contribution in [0.4, 0.5) is 0 Å². The van der Waals surface area contributed by atoms with Crippen LogP contribution in [0.15, 0.2) is 0 Å². The minimum atomic E-state index is -1.54. The summed E-state index contributed by atoms with van der Waals surface area (Å²) < 4.78 is 0. The molecule has 25 nitrogen and oxygen atoms in total. The molecule has 0 unspecified atom stereocenters. The van der Waals surface area contributed by atoms with E-state index in [-0.39, 0.29) is 18.6 Å². The quantitative estimate of drug-likeness (QED) is 0.0753. The van der Waals surface area contributed by atoms with Crippen molar-refractivity contribution in [1.82, 2.24) is 0 Å². The summed E-state index contributed by atoms with van der Waals surface area (Å²) >= 11 is 0. The van der Waals surface area contributed by atoms with Crippen molar-refractivity contribution in [3.63, 3.8) is 0 Å². The molecule has 26 heteroatoms. The molecule has 0 aromatic heterocycles. The van der Waals surface area contributed by atoms with E-state index in [1.807, 2.05) is 0 Å². The SMILES string of the molecule is N[C@@H](CC(=O)O)C(=O)[O-].N[C@@H](CC(=O)O)C(=O)[O-].N[C@@H](CC(=O)O)C(=O)[O-].N[C@@H](CC(=O)O)C(=O)[O-].N[C@@H](CC(=O)O)C(=O)[O-].[V]. The summed E-state index contributed by atoms with van der Waals surface area (Å²) in [5.41, 5.74) is 23.9. The number of carboxylic acid groups (broad SMARTS) is 10. The normalized spacial score (nSPS) is 12.3. The molecule has 0 aromatic rings. The molecule has 0 amide bonds. The second-order valence-corrected chi connectivity index (χ2v) is 7.62. The van der Waals surface area contributed by atoms with Gasteiger partial charge in [-0.25, -0.2) is 0 Å². The molecular weight excluding hydrogens is 681 g/mol. The van der Waals surface area contributed by atoms with Crippen molar-refractivity contribution < 1.29 is 118 Å². The standard InChI is InChI=1S/5C4H7NO4.V/c5*5-2(4(8)9)1-3(6)7;/h5*2H,1,5H2,(H,6,7)(H,8,9);/p-5/t5*2-;/m00000./s1. The second kappa shape index (κ2) is 30.1. The number of carbonyl (C=O) groups is 10. The van der Waals surface area contributed by atoms with Gasteiger partial charge in [0.25, 0.3) is 0 Å². The van der Waals surface area contributed by atoms with Crippen LogP contribution in [0.5, 0.6) is 0 Å². The van der Waals surface area contributed by atoms with Crippen molar-refractivity contribution in [2.45, 2.75) is 62.3 Å². The third-order valence-electron chi connectivity index (χ3n) is 3.49. The molecular formula is C20H30N5O20V-5. The summed E-state index contributed by atoms with van der Waals surface area (Å²) in [6, 6.07) is -7.00. The predicted molar refractivity (Wildman–Crippen MR) is 126 cm³/mol. The maximum absolute atomic E-state index is 9.74. The van der Waals surface area contributed by atoms with Gasteiger partial charge in [-0.2, -0.15) is 0 Å². The van der Waals surface area contributed by atoms with Gasteiger partial charge in [0.15, 0.2) is 0 Å². The fraction of sp³-hybridized carbons (Fsp3) is 0.500. The average Bonchev–Trinajstić information content (AvgIpc) is 2.83. The van der Waals surface area contributed by atoms with Gasteiger partial charge in [-0.15, -0.1) is 0 Å². The van der Waals surface area contributed by atoms with Crippen LogP contribution in [-0.4, -0.2) is 115 Å². The molecule has 0 aliphatic heterocycles. The van der Waals surface area contributed by atoms with Crippen LogP contribution in [0.2, 0.25) is 0 Å². The number of hydrogen-bond donors (Lipinski definition) is 10. The van der Waals surface area contributed by atoms with Gasteiger partial charge in [0.05, 0.1) is 92.2 Å². The van der Waals surface area contributed by atoms with Crippen LogP contribution >= 0.6 is 0 Å². The summed E-state index contributed by atoms with van der Waals surface area (Å²) in [6.45, 7) is 0. The van der Waals surface area contributed by atoms with Crippen molar-refractivity contribution in [1.29, 1.82) is 0 Å². The third kappa shape index (κ3) is 46.1. The summed E-state index contributed by atoms with van der Waals surface area (Å²) in [7, 11) is 0. The molecule has 0 fully saturated rings. The molecule has 15 N–H and O–H groups in total. The number of carboxylic acids is 10. The first-order valence-corrected chi connectivity index (χ1v) is 11.1. The smallest absolute Gasteiger partial charge is 0.305 e. The zero-order valence-electron chi connectivity index (χ0n) is 23.1. The van der Waals surface area contributed by atoms with E-state index in [9.17, 15) is 73.5 Å². The van der Waals surface area contributed by atoms with E-state index in [4.69, 9.17) is 54.2 Å². The maximum atomic E-state index is 9.74. The molecule has 5 atom stereocenters. The van der Waals surface area contributed by atoms with Gasteiger partial charge in [-0.05, 0) is 0 Å². The van der Waals surface area contributed by atoms with Crippen LogP contribution in [0.1, 0.15) is 32.1 Å². The fourth-order valence-corrected chi connectivity index (χ4v) is 1.36. The van der Waals surface area contributed by atoms with Crippen LogP contribution in [0, 0.1) is 0 Å². The molecule has 265 valence electrons. The fourth-order valence-electron chi connectivity index (χ4n) is 1.36. The summed E-state index contributed by atoms with van der Waals surface area (Å²) in [4.78, 5) is 97.4. The Hall–Kier alpha value is -4.92. The van der Waals surface area contributed by atoms with Crippen molar-refractivity contribution in [2.24, 2.45) is 28.7 Å². The minimum Gasteiger partial charge on any atom is -0.548 e. The first-order chi connectivity index (χ1) is 20.2. The molecule has 0 spiro atoms. The first-order valence-electron chi connectivity index (χ1n) is 11.1. The van der Waals surface area contributed by atoms with E-state index in [2.05, 4.69) is 0 Å². The van der Waals surface area contributed by atoms with E-state index < -0.39 is 122 Å². The van der Waals surface area contributed by atoms with E-state index >= 15 is 0 Å². The Morgan fingerprint density at radius 3 is 0.457 bits per heavy atom. The van der Waals surface area contributed by atoms with Gasteiger partial charge in [0, 0.05) is 18.6 Å². The Bertz CT molecular complexity index is 855. The van der Waals surface area contributed by atoms with Crippen molar-refractivity contribution >= 4 is 59.7 Å². The number of rotatable bonds is 15. The van der Waals surface area contributed by atoms with E-state index in [1.165, 1.54) is 0 Å². The topological polar surface area (TPSA) is 517 Å². The van der Waals surface area contributed by atoms with Gasteiger partial charge in [0.1, 0.15) is 0 Å². The van der Waals surface area contributed by atoms with E-state index in [1.54, 1.807) is 0 Å². The first kappa shape index (κ1) is 53.6. The van der Waals surface area contributed by atoms with Gasteiger partial charge < -0.3 is 104 Å². The molecule has 0 aliphatic carbocycles. The van der Waals surface area contributed by atoms with Gasteiger partial charge in [-0.1, -0.05) is 0 Å². The minimum absolute atomic E-state index is 0. The van der Waals surface area contributed by atoms with Gasteiger partial charge >= 0.3 is 29.8 Å². The molecule has 0 aliphatic rings. The Labute approximate surface area is 268 Å². The zero-order chi connectivity index (χ0) is 37.2. The average molecular weight is 711 g/mol. The number of carbonyl (C=O) groups excluding carboxylic acids is 5. The van der Waals surface area contributed by atoms with Gasteiger partial charge in [-0.3, -0.25) is 24.0 Å². The summed E-state index contributed by atoms with van der Waals surface area (Å²) in [5.74, 6) is -13.9. The molecule has 46 heavy (non-hydrogen) atoms. The Balaban J connectivity index is -0.000000108. The molecule has 0 heterocycles. The van der Waals surface area contributed by atoms with Crippen molar-refractivity contribution in [2.75, 3.05) is 0 Å². The van der Waals surface area contributed by atoms with Crippen LogP contribution in [-0.2, 0) is 66.5 Å². The Morgan fingerprint density at radius 1 is 0.348 bits per heavy atom. The Morgan fingerprint density at radius 2 is 0.435 bits per heavy atom. The van der Waals surface area contributed by atoms with Crippen molar-refractivity contribution in [3.05, 3.63) is 0 Å². The largest absolute Gasteiger partial charge is 0.548 e. The van der Waals surface area contributed by atoms with E-state index in [0.717, 1.165) is 0 Å². The maximum Gasteiger partial charge on any atom is 0.305 e. The third-order valence-corrected chi connectivity index (χ3v) is 3.49. The van der Waals surface area contributed by atoms with Crippen LogP contribution < -0.4 is 54.2 Å². The molecule has 1 radical (unpaired) electrons. The molecule has 0 aromatic carbocycles. The monoisotopic (exact) mass is 711 g/mol. The summed E-state index contributed by atoms with van der Waals surface area (Å²) in [5, 5.41) is 88.5.